The Morgan fingerprint density at radius 1 is 1.00 bits per heavy atom. The third-order valence-corrected chi connectivity index (χ3v) is 11.1. The zero-order valence-corrected chi connectivity index (χ0v) is 27.8. The molecule has 1 saturated heterocycles. The third kappa shape index (κ3) is 6.93. The second-order valence-corrected chi connectivity index (χ2v) is 14.2. The van der Waals surface area contributed by atoms with E-state index in [0.29, 0.717) is 43.7 Å². The van der Waals surface area contributed by atoms with E-state index in [2.05, 4.69) is 25.9 Å². The Bertz CT molecular complexity index is 1510. The summed E-state index contributed by atoms with van der Waals surface area (Å²) in [5.41, 5.74) is 0.562. The number of hydrogen-bond acceptors (Lipinski definition) is 6. The predicted molar refractivity (Wildman–Crippen MR) is 175 cm³/mol. The summed E-state index contributed by atoms with van der Waals surface area (Å²) in [6.07, 6.45) is 9.16. The number of benzene rings is 1. The number of piperazine rings is 1. The first kappa shape index (κ1) is 33.1. The fourth-order valence-electron chi connectivity index (χ4n) is 7.73. The van der Waals surface area contributed by atoms with Crippen LogP contribution in [0.5, 0.6) is 0 Å². The van der Waals surface area contributed by atoms with E-state index in [1.54, 1.807) is 34.8 Å². The van der Waals surface area contributed by atoms with E-state index in [4.69, 9.17) is 0 Å². The van der Waals surface area contributed by atoms with E-state index in [0.717, 1.165) is 51.6 Å². The van der Waals surface area contributed by atoms with Crippen LogP contribution in [0.3, 0.4) is 0 Å². The van der Waals surface area contributed by atoms with Crippen molar-refractivity contribution in [3.8, 4) is 0 Å². The number of halogens is 1. The molecule has 12 heteroatoms. The van der Waals surface area contributed by atoms with Crippen molar-refractivity contribution in [1.82, 2.24) is 30.2 Å². The van der Waals surface area contributed by atoms with Gasteiger partial charge in [0.05, 0.1) is 5.69 Å². The maximum absolute atomic E-state index is 15.9. The maximum atomic E-state index is 15.9. The summed E-state index contributed by atoms with van der Waals surface area (Å²) < 4.78 is 17.5. The van der Waals surface area contributed by atoms with Crippen molar-refractivity contribution in [2.24, 2.45) is 11.3 Å². The lowest BCUT2D eigenvalue weighted by molar-refractivity contribution is -0.138. The molecule has 47 heavy (non-hydrogen) atoms. The van der Waals surface area contributed by atoms with Crippen molar-refractivity contribution >= 4 is 29.3 Å². The Kier molecular flexibility index (Phi) is 9.42. The van der Waals surface area contributed by atoms with E-state index in [1.165, 1.54) is 12.1 Å². The number of amides is 4. The average Bonchev–Trinajstić information content (AvgIpc) is 3.98. The van der Waals surface area contributed by atoms with Crippen LogP contribution >= 0.6 is 0 Å². The Balaban J connectivity index is 1.21. The predicted octanol–water partition coefficient (Wildman–Crippen LogP) is 3.45. The van der Waals surface area contributed by atoms with E-state index in [-0.39, 0.29) is 41.2 Å². The molecule has 3 atom stereocenters. The highest BCUT2D eigenvalue weighted by Crippen LogP contribution is 2.58. The van der Waals surface area contributed by atoms with Gasteiger partial charge in [-0.05, 0) is 94.0 Å². The van der Waals surface area contributed by atoms with Crippen LogP contribution in [0.1, 0.15) is 87.7 Å². The molecular weight excluding hydrogens is 601 g/mol. The SMILES string of the molecule is CCC(=O)N[C@@H](C(=O)N1CCN(C)CC1)C1(c2ccc(NC(=O)[C@@H](NC(=O)c3ccnn3CC)[C@H]3CCCC4(CC4)C3)c(F)c2)CC1. The highest BCUT2D eigenvalue weighted by molar-refractivity contribution is 6.01. The Hall–Kier alpha value is -3.80. The number of likely N-dealkylation sites (N-methyl/N-ethyl adjacent to an activating group) is 1. The fourth-order valence-corrected chi connectivity index (χ4v) is 7.73. The molecule has 3 saturated carbocycles. The van der Waals surface area contributed by atoms with Crippen molar-refractivity contribution in [2.75, 3.05) is 38.5 Å². The van der Waals surface area contributed by atoms with E-state index in [1.807, 2.05) is 14.0 Å². The summed E-state index contributed by atoms with van der Waals surface area (Å²) in [5, 5.41) is 12.9. The first-order chi connectivity index (χ1) is 22.6. The lowest BCUT2D eigenvalue weighted by atomic mass is 9.75. The van der Waals surface area contributed by atoms with Gasteiger partial charge < -0.3 is 25.8 Å². The fraction of sp³-hybridized carbons (Fsp3) is 0.629. The summed E-state index contributed by atoms with van der Waals surface area (Å²) >= 11 is 0. The minimum absolute atomic E-state index is 0.0175. The van der Waals surface area contributed by atoms with Gasteiger partial charge in [0.2, 0.25) is 17.7 Å². The molecule has 1 aliphatic heterocycles. The summed E-state index contributed by atoms with van der Waals surface area (Å²) in [4.78, 5) is 57.6. The first-order valence-electron chi connectivity index (χ1n) is 17.3. The average molecular weight is 650 g/mol. The molecule has 3 N–H and O–H groups in total. The molecule has 2 heterocycles. The van der Waals surface area contributed by atoms with Gasteiger partial charge in [0.1, 0.15) is 23.6 Å². The zero-order chi connectivity index (χ0) is 33.3. The highest BCUT2D eigenvalue weighted by atomic mass is 19.1. The molecule has 6 rings (SSSR count). The molecule has 4 aliphatic rings. The quantitative estimate of drug-likeness (QED) is 0.342. The number of nitrogens with zero attached hydrogens (tertiary/aromatic N) is 4. The van der Waals surface area contributed by atoms with Gasteiger partial charge in [-0.2, -0.15) is 5.10 Å². The van der Waals surface area contributed by atoms with Crippen LogP contribution in [0.15, 0.2) is 30.5 Å². The van der Waals surface area contributed by atoms with Crippen LogP contribution < -0.4 is 16.0 Å². The van der Waals surface area contributed by atoms with Crippen molar-refractivity contribution < 1.29 is 23.6 Å². The Morgan fingerprint density at radius 2 is 1.74 bits per heavy atom. The molecule has 2 aromatic rings. The topological polar surface area (TPSA) is 129 Å². The Labute approximate surface area is 276 Å². The summed E-state index contributed by atoms with van der Waals surface area (Å²) in [5.74, 6) is -1.87. The molecule has 1 aromatic heterocycles. The van der Waals surface area contributed by atoms with Gasteiger partial charge in [-0.15, -0.1) is 0 Å². The standard InChI is InChI=1S/C35H48FN7O4/c1-4-28(44)39-30(33(47)42-19-17-41(3)18-20-42)35(14-15-35)24-8-9-26(25(36)21-24)38-32(46)29(23-7-6-11-34(22-23)12-13-34)40-31(45)27-10-16-37-43(27)5-2/h8-10,16,21,23,29-30H,4-7,11-15,17-20,22H2,1-3H3,(H,38,46)(H,39,44)(H,40,45)/t23-,29-,30-/m0/s1. The molecule has 4 fully saturated rings. The van der Waals surface area contributed by atoms with Crippen molar-refractivity contribution in [1.29, 1.82) is 0 Å². The van der Waals surface area contributed by atoms with Crippen LogP contribution in [0.4, 0.5) is 10.1 Å². The molecule has 254 valence electrons. The van der Waals surface area contributed by atoms with Gasteiger partial charge in [-0.25, -0.2) is 4.39 Å². The first-order valence-corrected chi connectivity index (χ1v) is 17.3. The minimum Gasteiger partial charge on any atom is -0.343 e. The molecule has 0 unspecified atom stereocenters. The van der Waals surface area contributed by atoms with Crippen LogP contribution in [-0.4, -0.2) is 88.5 Å². The highest BCUT2D eigenvalue weighted by Gasteiger charge is 2.55. The zero-order valence-electron chi connectivity index (χ0n) is 27.8. The molecule has 3 aliphatic carbocycles. The number of carbonyl (C=O) groups excluding carboxylic acids is 4. The number of rotatable bonds is 11. The second-order valence-electron chi connectivity index (χ2n) is 14.2. The third-order valence-electron chi connectivity index (χ3n) is 11.1. The Morgan fingerprint density at radius 3 is 2.38 bits per heavy atom. The van der Waals surface area contributed by atoms with E-state index >= 15 is 4.39 Å². The number of carbonyl (C=O) groups is 4. The van der Waals surface area contributed by atoms with E-state index in [9.17, 15) is 19.2 Å². The number of anilines is 1. The number of hydrogen-bond donors (Lipinski definition) is 3. The van der Waals surface area contributed by atoms with Crippen LogP contribution in [-0.2, 0) is 26.3 Å². The van der Waals surface area contributed by atoms with Gasteiger partial charge in [0.25, 0.3) is 5.91 Å². The number of nitrogens with one attached hydrogen (secondary N) is 3. The van der Waals surface area contributed by atoms with Gasteiger partial charge in [-0.3, -0.25) is 23.9 Å². The summed E-state index contributed by atoms with van der Waals surface area (Å²) in [6, 6.07) is 4.68. The maximum Gasteiger partial charge on any atom is 0.270 e. The second kappa shape index (κ2) is 13.4. The van der Waals surface area contributed by atoms with Gasteiger partial charge in [-0.1, -0.05) is 19.4 Å². The van der Waals surface area contributed by atoms with Crippen LogP contribution in [0.2, 0.25) is 0 Å². The largest absolute Gasteiger partial charge is 0.343 e. The smallest absolute Gasteiger partial charge is 0.270 e. The van der Waals surface area contributed by atoms with Crippen LogP contribution in [0, 0.1) is 17.2 Å². The van der Waals surface area contributed by atoms with Crippen molar-refractivity contribution in [3.05, 3.63) is 47.5 Å². The van der Waals surface area contributed by atoms with E-state index < -0.39 is 29.2 Å². The monoisotopic (exact) mass is 649 g/mol. The van der Waals surface area contributed by atoms with Gasteiger partial charge in [0, 0.05) is 50.8 Å². The molecular formula is C35H48FN7O4. The lowest BCUT2D eigenvalue weighted by Crippen LogP contribution is -2.58. The molecule has 1 spiro atoms. The molecule has 11 nitrogen and oxygen atoms in total. The molecule has 1 aromatic carbocycles. The molecule has 0 radical (unpaired) electrons. The molecule has 0 bridgehead atoms. The van der Waals surface area contributed by atoms with Crippen LogP contribution in [0.25, 0.3) is 0 Å². The number of aromatic nitrogens is 2. The summed E-state index contributed by atoms with van der Waals surface area (Å²) in [6.45, 7) is 6.81. The van der Waals surface area contributed by atoms with Gasteiger partial charge in [0.15, 0.2) is 0 Å². The molecule has 4 amide bonds. The van der Waals surface area contributed by atoms with Crippen molar-refractivity contribution in [2.45, 2.75) is 95.7 Å². The number of aryl methyl sites for hydroxylation is 1. The summed E-state index contributed by atoms with van der Waals surface area (Å²) in [7, 11) is 2.01. The lowest BCUT2D eigenvalue weighted by Gasteiger charge is -2.37. The van der Waals surface area contributed by atoms with Crippen molar-refractivity contribution in [3.63, 3.8) is 0 Å². The van der Waals surface area contributed by atoms with Gasteiger partial charge >= 0.3 is 0 Å². The minimum atomic E-state index is -0.829. The normalized spacial score (nSPS) is 22.6.